The maximum atomic E-state index is 13.2. The van der Waals surface area contributed by atoms with E-state index < -0.39 is 60.7 Å². The Morgan fingerprint density at radius 1 is 0.842 bits per heavy atom. The summed E-state index contributed by atoms with van der Waals surface area (Å²) in [6.45, 7) is -0.711. The molecule has 0 radical (unpaired) electrons. The number of carboxylic acids is 1. The van der Waals surface area contributed by atoms with Crippen LogP contribution in [0, 0.1) is 0 Å². The summed E-state index contributed by atoms with van der Waals surface area (Å²) in [5.74, 6) is -4.45. The number of amides is 4. The van der Waals surface area contributed by atoms with Crippen LogP contribution in [0.2, 0.25) is 0 Å². The SMILES string of the molecule is NC(=O)CC(NC(=O)C(Cc1ccccc1)NC(=O)C(N)Cc1c[nH]c2ccccc12)C(=O)NCC(=O)O. The van der Waals surface area contributed by atoms with Crippen molar-refractivity contribution in [1.82, 2.24) is 20.9 Å². The Morgan fingerprint density at radius 3 is 2.18 bits per heavy atom. The fraction of sp³-hybridized carbons (Fsp3) is 0.269. The van der Waals surface area contributed by atoms with Gasteiger partial charge in [0.2, 0.25) is 23.6 Å². The van der Waals surface area contributed by atoms with E-state index in [0.29, 0.717) is 0 Å². The predicted octanol–water partition coefficient (Wildman–Crippen LogP) is -0.674. The molecule has 9 N–H and O–H groups in total. The van der Waals surface area contributed by atoms with Crippen molar-refractivity contribution in [3.05, 3.63) is 71.9 Å². The van der Waals surface area contributed by atoms with Gasteiger partial charge in [0.25, 0.3) is 0 Å². The third kappa shape index (κ3) is 7.90. The molecule has 3 atom stereocenters. The molecule has 38 heavy (non-hydrogen) atoms. The number of primary amides is 1. The number of nitrogens with two attached hydrogens (primary N) is 2. The number of carbonyl (C=O) groups is 5. The Labute approximate surface area is 218 Å². The molecule has 3 aromatic rings. The standard InChI is InChI=1S/C26H30N6O6/c27-18(11-16-13-29-19-9-5-4-8-17(16)19)24(36)31-20(10-15-6-2-1-3-7-15)26(38)32-21(12-22(28)33)25(37)30-14-23(34)35/h1-9,13,18,20-21,29H,10-12,14,27H2,(H2,28,33)(H,30,37)(H,31,36)(H,32,38)(H,34,35). The number of aromatic nitrogens is 1. The second-order valence-electron chi connectivity index (χ2n) is 8.76. The molecule has 0 aliphatic heterocycles. The van der Waals surface area contributed by atoms with Gasteiger partial charge < -0.3 is 37.5 Å². The first-order valence-electron chi connectivity index (χ1n) is 11.9. The fourth-order valence-corrected chi connectivity index (χ4v) is 3.94. The van der Waals surface area contributed by atoms with Crippen molar-refractivity contribution in [2.24, 2.45) is 11.5 Å². The molecule has 0 bridgehead atoms. The van der Waals surface area contributed by atoms with Gasteiger partial charge in [0.1, 0.15) is 18.6 Å². The van der Waals surface area contributed by atoms with Gasteiger partial charge in [-0.25, -0.2) is 0 Å². The monoisotopic (exact) mass is 522 g/mol. The van der Waals surface area contributed by atoms with E-state index in [-0.39, 0.29) is 12.8 Å². The Balaban J connectivity index is 1.75. The van der Waals surface area contributed by atoms with E-state index >= 15 is 0 Å². The van der Waals surface area contributed by atoms with Crippen molar-refractivity contribution in [3.8, 4) is 0 Å². The van der Waals surface area contributed by atoms with E-state index in [2.05, 4.69) is 20.9 Å². The third-order valence-electron chi connectivity index (χ3n) is 5.82. The third-order valence-corrected chi connectivity index (χ3v) is 5.82. The number of carbonyl (C=O) groups excluding carboxylic acids is 4. The van der Waals surface area contributed by atoms with Gasteiger partial charge in [-0.2, -0.15) is 0 Å². The van der Waals surface area contributed by atoms with Crippen LogP contribution in [-0.4, -0.2) is 64.4 Å². The number of aliphatic carboxylic acids is 1. The molecular weight excluding hydrogens is 492 g/mol. The van der Waals surface area contributed by atoms with E-state index in [1.54, 1.807) is 36.5 Å². The molecule has 12 heteroatoms. The summed E-state index contributed by atoms with van der Waals surface area (Å²) >= 11 is 0. The van der Waals surface area contributed by atoms with Crippen LogP contribution in [0.15, 0.2) is 60.8 Å². The highest BCUT2D eigenvalue weighted by Crippen LogP contribution is 2.19. The van der Waals surface area contributed by atoms with Crippen molar-refractivity contribution in [2.75, 3.05) is 6.54 Å². The highest BCUT2D eigenvalue weighted by atomic mass is 16.4. The number of hydrogen-bond acceptors (Lipinski definition) is 6. The van der Waals surface area contributed by atoms with Crippen molar-refractivity contribution < 1.29 is 29.1 Å². The average molecular weight is 523 g/mol. The molecule has 1 aromatic heterocycles. The Bertz CT molecular complexity index is 1310. The Hall–Kier alpha value is -4.71. The van der Waals surface area contributed by atoms with Crippen LogP contribution in [0.5, 0.6) is 0 Å². The smallest absolute Gasteiger partial charge is 0.322 e. The number of para-hydroxylation sites is 1. The minimum absolute atomic E-state index is 0.0677. The van der Waals surface area contributed by atoms with E-state index in [4.69, 9.17) is 16.6 Å². The molecule has 2 aromatic carbocycles. The summed E-state index contributed by atoms with van der Waals surface area (Å²) in [6, 6.07) is 12.9. The maximum Gasteiger partial charge on any atom is 0.322 e. The lowest BCUT2D eigenvalue weighted by atomic mass is 10.0. The van der Waals surface area contributed by atoms with Gasteiger partial charge in [-0.05, 0) is 23.6 Å². The number of benzene rings is 2. The van der Waals surface area contributed by atoms with Gasteiger partial charge in [0, 0.05) is 23.5 Å². The van der Waals surface area contributed by atoms with Gasteiger partial charge in [0.05, 0.1) is 12.5 Å². The van der Waals surface area contributed by atoms with Gasteiger partial charge >= 0.3 is 5.97 Å². The van der Waals surface area contributed by atoms with Crippen LogP contribution in [0.4, 0.5) is 0 Å². The minimum atomic E-state index is -1.44. The van der Waals surface area contributed by atoms with Crippen LogP contribution >= 0.6 is 0 Å². The zero-order valence-corrected chi connectivity index (χ0v) is 20.5. The van der Waals surface area contributed by atoms with Gasteiger partial charge in [-0.1, -0.05) is 48.5 Å². The number of aromatic amines is 1. The highest BCUT2D eigenvalue weighted by molar-refractivity contribution is 5.96. The van der Waals surface area contributed by atoms with E-state index in [9.17, 15) is 24.0 Å². The fourth-order valence-electron chi connectivity index (χ4n) is 3.94. The number of hydrogen-bond donors (Lipinski definition) is 7. The normalized spacial score (nSPS) is 13.2. The summed E-state index contributed by atoms with van der Waals surface area (Å²) in [6.07, 6.45) is 1.48. The first kappa shape index (κ1) is 27.9. The van der Waals surface area contributed by atoms with Crippen molar-refractivity contribution >= 4 is 40.5 Å². The molecule has 4 amide bonds. The van der Waals surface area contributed by atoms with Crippen molar-refractivity contribution in [1.29, 1.82) is 0 Å². The van der Waals surface area contributed by atoms with E-state index in [0.717, 1.165) is 22.0 Å². The summed E-state index contributed by atoms with van der Waals surface area (Å²) in [7, 11) is 0. The lowest BCUT2D eigenvalue weighted by molar-refractivity contribution is -0.138. The highest BCUT2D eigenvalue weighted by Gasteiger charge is 2.29. The molecule has 200 valence electrons. The molecule has 0 aliphatic carbocycles. The van der Waals surface area contributed by atoms with Crippen LogP contribution in [0.25, 0.3) is 10.9 Å². The molecule has 0 spiro atoms. The van der Waals surface area contributed by atoms with Crippen LogP contribution in [-0.2, 0) is 36.8 Å². The zero-order valence-electron chi connectivity index (χ0n) is 20.5. The van der Waals surface area contributed by atoms with Crippen LogP contribution in [0.1, 0.15) is 17.5 Å². The summed E-state index contributed by atoms with van der Waals surface area (Å²) in [5, 5.41) is 16.9. The van der Waals surface area contributed by atoms with E-state index in [1.165, 1.54) is 0 Å². The first-order chi connectivity index (χ1) is 18.1. The second-order valence-corrected chi connectivity index (χ2v) is 8.76. The molecule has 12 nitrogen and oxygen atoms in total. The topological polar surface area (TPSA) is 209 Å². The lowest BCUT2D eigenvalue weighted by Gasteiger charge is -2.24. The number of rotatable bonds is 13. The van der Waals surface area contributed by atoms with Gasteiger partial charge in [-0.15, -0.1) is 0 Å². The number of fused-ring (bicyclic) bond motifs is 1. The second kappa shape index (κ2) is 13.0. The number of H-pyrrole nitrogens is 1. The number of nitrogens with one attached hydrogen (secondary N) is 4. The van der Waals surface area contributed by atoms with Gasteiger partial charge in [-0.3, -0.25) is 24.0 Å². The Morgan fingerprint density at radius 2 is 1.50 bits per heavy atom. The molecule has 3 unspecified atom stereocenters. The Kier molecular flexibility index (Phi) is 9.54. The lowest BCUT2D eigenvalue weighted by Crippen LogP contribution is -2.57. The predicted molar refractivity (Wildman–Crippen MR) is 138 cm³/mol. The molecular formula is C26H30N6O6. The van der Waals surface area contributed by atoms with Crippen LogP contribution in [0.3, 0.4) is 0 Å². The summed E-state index contributed by atoms with van der Waals surface area (Å²) < 4.78 is 0. The molecule has 0 saturated heterocycles. The maximum absolute atomic E-state index is 13.2. The largest absolute Gasteiger partial charge is 0.480 e. The van der Waals surface area contributed by atoms with Crippen molar-refractivity contribution in [2.45, 2.75) is 37.4 Å². The minimum Gasteiger partial charge on any atom is -0.480 e. The zero-order chi connectivity index (χ0) is 27.7. The molecule has 0 aliphatic rings. The molecule has 0 fully saturated rings. The molecule has 0 saturated carbocycles. The number of carboxylic acid groups (broad SMARTS) is 1. The summed E-state index contributed by atoms with van der Waals surface area (Å²) in [5.41, 5.74) is 13.9. The molecule has 3 rings (SSSR count). The quantitative estimate of drug-likeness (QED) is 0.154. The van der Waals surface area contributed by atoms with Crippen LogP contribution < -0.4 is 27.4 Å². The average Bonchev–Trinajstić information content (AvgIpc) is 3.29. The first-order valence-corrected chi connectivity index (χ1v) is 11.9. The molecule has 1 heterocycles. The van der Waals surface area contributed by atoms with Gasteiger partial charge in [0.15, 0.2) is 0 Å². The summed E-state index contributed by atoms with van der Waals surface area (Å²) in [4.78, 5) is 64.1. The van der Waals surface area contributed by atoms with E-state index in [1.807, 2.05) is 24.3 Å². The van der Waals surface area contributed by atoms with Crippen molar-refractivity contribution in [3.63, 3.8) is 0 Å².